The van der Waals surface area contributed by atoms with Gasteiger partial charge in [-0.3, -0.25) is 9.48 Å². The van der Waals surface area contributed by atoms with E-state index in [9.17, 15) is 4.79 Å². The van der Waals surface area contributed by atoms with Crippen LogP contribution in [0.15, 0.2) is 48.9 Å². The first kappa shape index (κ1) is 25.9. The van der Waals surface area contributed by atoms with Crippen LogP contribution < -0.4 is 21.1 Å². The van der Waals surface area contributed by atoms with Gasteiger partial charge in [0.05, 0.1) is 48.5 Å². The average molecular weight is 523 g/mol. The summed E-state index contributed by atoms with van der Waals surface area (Å²) in [5, 5.41) is 10.6. The summed E-state index contributed by atoms with van der Waals surface area (Å²) in [4.78, 5) is 25.1. The second-order valence-corrected chi connectivity index (χ2v) is 8.47. The highest BCUT2D eigenvalue weighted by Crippen LogP contribution is 2.39. The number of hydrogen-bond donors (Lipinski definition) is 3. The van der Waals surface area contributed by atoms with Gasteiger partial charge in [0.2, 0.25) is 0 Å². The molecule has 0 fully saturated rings. The molecule has 0 radical (unpaired) electrons. The molecule has 0 atom stereocenters. The van der Waals surface area contributed by atoms with Crippen molar-refractivity contribution in [3.63, 3.8) is 0 Å². The number of methoxy groups -OCH3 is 1. The van der Waals surface area contributed by atoms with Crippen molar-refractivity contribution in [3.8, 4) is 17.1 Å². The normalized spacial score (nSPS) is 10.8. The Kier molecular flexibility index (Phi) is 8.16. The minimum Gasteiger partial charge on any atom is -0.494 e. The lowest BCUT2D eigenvalue weighted by Gasteiger charge is -2.18. The minimum atomic E-state index is -0.308. The molecule has 0 saturated carbocycles. The number of ether oxygens (including phenoxy) is 2. The maximum Gasteiger partial charge on any atom is 0.254 e. The third-order valence-corrected chi connectivity index (χ3v) is 5.62. The summed E-state index contributed by atoms with van der Waals surface area (Å²) in [5.74, 6) is 1.15. The maximum atomic E-state index is 12.4. The molecule has 0 saturated heterocycles. The Labute approximate surface area is 219 Å². The number of nitrogen functional groups attached to an aromatic ring is 1. The zero-order valence-corrected chi connectivity index (χ0v) is 21.4. The number of pyridine rings is 2. The Morgan fingerprint density at radius 3 is 2.73 bits per heavy atom. The van der Waals surface area contributed by atoms with Gasteiger partial charge in [0.25, 0.3) is 5.91 Å². The molecule has 0 aliphatic rings. The number of nitrogens with zero attached hydrogens (tertiary/aromatic N) is 5. The fourth-order valence-electron chi connectivity index (χ4n) is 3.71. The van der Waals surface area contributed by atoms with Gasteiger partial charge in [0.1, 0.15) is 17.3 Å². The first-order valence-corrected chi connectivity index (χ1v) is 11.8. The van der Waals surface area contributed by atoms with Gasteiger partial charge in [-0.05, 0) is 42.3 Å². The van der Waals surface area contributed by atoms with Gasteiger partial charge in [0.15, 0.2) is 11.6 Å². The number of aromatic nitrogens is 5. The van der Waals surface area contributed by atoms with Crippen molar-refractivity contribution in [1.29, 1.82) is 0 Å². The number of carbonyl (C=O) groups excluding carboxylic acids is 1. The number of amides is 1. The Bertz CT molecular complexity index is 1410. The molecule has 11 nitrogen and oxygen atoms in total. The fraction of sp³-hybridized carbons (Fsp3) is 0.240. The molecule has 37 heavy (non-hydrogen) atoms. The minimum absolute atomic E-state index is 0.237. The van der Waals surface area contributed by atoms with Crippen LogP contribution >= 0.6 is 11.6 Å². The van der Waals surface area contributed by atoms with Crippen LogP contribution in [0, 0.1) is 0 Å². The number of rotatable bonds is 10. The van der Waals surface area contributed by atoms with Crippen LogP contribution in [0.3, 0.4) is 0 Å². The van der Waals surface area contributed by atoms with Gasteiger partial charge in [-0.2, -0.15) is 5.10 Å². The first-order chi connectivity index (χ1) is 17.9. The molecule has 1 amide bonds. The topological polar surface area (TPSA) is 142 Å². The van der Waals surface area contributed by atoms with Crippen LogP contribution in [0.4, 0.5) is 17.2 Å². The van der Waals surface area contributed by atoms with Crippen molar-refractivity contribution in [3.05, 3.63) is 70.9 Å². The van der Waals surface area contributed by atoms with Crippen molar-refractivity contribution >= 4 is 34.7 Å². The monoisotopic (exact) mass is 522 g/mol. The van der Waals surface area contributed by atoms with Crippen molar-refractivity contribution in [1.82, 2.24) is 30.0 Å². The summed E-state index contributed by atoms with van der Waals surface area (Å²) in [6.45, 7) is 0.772. The van der Waals surface area contributed by atoms with E-state index < -0.39 is 0 Å². The summed E-state index contributed by atoms with van der Waals surface area (Å²) < 4.78 is 13.2. The summed E-state index contributed by atoms with van der Waals surface area (Å²) in [7, 11) is 4.90. The average Bonchev–Trinajstić information content (AvgIpc) is 3.32. The number of anilines is 3. The second-order valence-electron chi connectivity index (χ2n) is 8.08. The van der Waals surface area contributed by atoms with Gasteiger partial charge < -0.3 is 25.8 Å². The lowest BCUT2D eigenvalue weighted by molar-refractivity contribution is 0.0963. The number of nitrogens with one attached hydrogen (secondary N) is 2. The van der Waals surface area contributed by atoms with E-state index in [0.717, 1.165) is 11.3 Å². The van der Waals surface area contributed by atoms with Gasteiger partial charge in [-0.15, -0.1) is 0 Å². The van der Waals surface area contributed by atoms with E-state index in [0.29, 0.717) is 59.5 Å². The summed E-state index contributed by atoms with van der Waals surface area (Å²) in [6, 6.07) is 10.9. The molecule has 3 aromatic heterocycles. The third kappa shape index (κ3) is 6.32. The lowest BCUT2D eigenvalue weighted by Crippen LogP contribution is -2.19. The quantitative estimate of drug-likeness (QED) is 0.211. The van der Waals surface area contributed by atoms with Gasteiger partial charge in [-0.25, -0.2) is 15.0 Å². The van der Waals surface area contributed by atoms with Crippen molar-refractivity contribution in [2.45, 2.75) is 13.0 Å². The van der Waals surface area contributed by atoms with Gasteiger partial charge in [-0.1, -0.05) is 17.7 Å². The molecule has 192 valence electrons. The highest BCUT2D eigenvalue weighted by molar-refractivity contribution is 6.29. The van der Waals surface area contributed by atoms with Gasteiger partial charge >= 0.3 is 0 Å². The van der Waals surface area contributed by atoms with E-state index in [-0.39, 0.29) is 11.1 Å². The number of aryl methyl sites for hydroxylation is 1. The zero-order chi connectivity index (χ0) is 26.4. The molecule has 1 aromatic carbocycles. The number of hydrogen-bond acceptors (Lipinski definition) is 9. The molecule has 3 heterocycles. The summed E-state index contributed by atoms with van der Waals surface area (Å²) in [6.07, 6.45) is 3.61. The number of nitrogens with two attached hydrogens (primary N) is 1. The van der Waals surface area contributed by atoms with Crippen LogP contribution in [0.25, 0.3) is 11.4 Å². The number of halogens is 1. The Hall–Kier alpha value is -4.22. The molecular formula is C25H27ClN8O3. The molecule has 0 aliphatic heterocycles. The molecule has 4 aromatic rings. The Balaban J connectivity index is 1.66. The van der Waals surface area contributed by atoms with E-state index in [1.165, 1.54) is 6.20 Å². The predicted molar refractivity (Wildman–Crippen MR) is 141 cm³/mol. The molecule has 4 rings (SSSR count). The van der Waals surface area contributed by atoms with Crippen LogP contribution in [-0.2, 0) is 24.8 Å². The molecular weight excluding hydrogens is 496 g/mol. The Morgan fingerprint density at radius 2 is 2.03 bits per heavy atom. The lowest BCUT2D eigenvalue weighted by atomic mass is 10.0. The fourth-order valence-corrected chi connectivity index (χ4v) is 3.87. The van der Waals surface area contributed by atoms with Crippen molar-refractivity contribution in [2.24, 2.45) is 7.05 Å². The second kappa shape index (κ2) is 11.7. The highest BCUT2D eigenvalue weighted by Gasteiger charge is 2.19. The molecule has 0 spiro atoms. The van der Waals surface area contributed by atoms with E-state index >= 15 is 0 Å². The highest BCUT2D eigenvalue weighted by atomic mass is 35.5. The number of carbonyl (C=O) groups is 1. The van der Waals surface area contributed by atoms with Crippen LogP contribution in [-0.4, -0.2) is 51.4 Å². The Morgan fingerprint density at radius 1 is 1.19 bits per heavy atom. The van der Waals surface area contributed by atoms with Gasteiger partial charge in [0, 0.05) is 20.3 Å². The zero-order valence-electron chi connectivity index (χ0n) is 20.7. The maximum absolute atomic E-state index is 12.4. The number of benzene rings is 1. The molecule has 0 aliphatic carbocycles. The van der Waals surface area contributed by atoms with E-state index in [1.807, 2.05) is 24.3 Å². The largest absolute Gasteiger partial charge is 0.494 e. The third-order valence-electron chi connectivity index (χ3n) is 5.42. The van der Waals surface area contributed by atoms with E-state index in [4.69, 9.17) is 26.8 Å². The van der Waals surface area contributed by atoms with Crippen LogP contribution in [0.5, 0.6) is 5.75 Å². The molecule has 0 bridgehead atoms. The van der Waals surface area contributed by atoms with Crippen molar-refractivity contribution < 1.29 is 14.3 Å². The standard InChI is InChI=1S/C25H27ClN8O3/c1-28-25(35)18-12-29-21(26)11-19(18)32-20-10-15(7-8-37-13-16-5-4-6-22(27)31-16)9-17(23(20)36-3)24-30-14-34(2)33-24/h4-6,9-12,14H,7-8,13H2,1-3H3,(H2,27,31)(H,28,35)(H,29,32). The SMILES string of the molecule is CNC(=O)c1cnc(Cl)cc1Nc1cc(CCOCc2cccc(N)n2)cc(-c2ncn(C)n2)c1OC. The van der Waals surface area contributed by atoms with Crippen LogP contribution in [0.1, 0.15) is 21.6 Å². The smallest absolute Gasteiger partial charge is 0.254 e. The molecule has 0 unspecified atom stereocenters. The first-order valence-electron chi connectivity index (χ1n) is 11.4. The summed E-state index contributed by atoms with van der Waals surface area (Å²) >= 11 is 6.14. The molecule has 4 N–H and O–H groups in total. The van der Waals surface area contributed by atoms with E-state index in [2.05, 4.69) is 30.7 Å². The summed E-state index contributed by atoms with van der Waals surface area (Å²) in [5.41, 5.74) is 9.53. The van der Waals surface area contributed by atoms with Crippen molar-refractivity contribution in [2.75, 3.05) is 31.8 Å². The predicted octanol–water partition coefficient (Wildman–Crippen LogP) is 3.38. The van der Waals surface area contributed by atoms with Crippen LogP contribution in [0.2, 0.25) is 5.15 Å². The molecule has 12 heteroatoms. The van der Waals surface area contributed by atoms with E-state index in [1.54, 1.807) is 44.3 Å².